The van der Waals surface area contributed by atoms with Crippen LogP contribution >= 0.6 is 0 Å². The van der Waals surface area contributed by atoms with E-state index in [-0.39, 0.29) is 0 Å². The molecule has 98 valence electrons. The van der Waals surface area contributed by atoms with Gasteiger partial charge in [0.25, 0.3) is 0 Å². The molecule has 1 aromatic rings. The molecule has 1 aromatic carbocycles. The third-order valence-corrected chi connectivity index (χ3v) is 4.36. The van der Waals surface area contributed by atoms with E-state index in [2.05, 4.69) is 63.3 Å². The van der Waals surface area contributed by atoms with Gasteiger partial charge in [0, 0.05) is 0 Å². The van der Waals surface area contributed by atoms with Gasteiger partial charge in [0.15, 0.2) is 0 Å². The molecular formula is C18H26. The van der Waals surface area contributed by atoms with E-state index in [4.69, 9.17) is 0 Å². The first-order valence-electron chi connectivity index (χ1n) is 7.29. The predicted octanol–water partition coefficient (Wildman–Crippen LogP) is 5.55. The summed E-state index contributed by atoms with van der Waals surface area (Å²) in [6, 6.07) is 10.6. The summed E-state index contributed by atoms with van der Waals surface area (Å²) in [4.78, 5) is 0. The second kappa shape index (κ2) is 5.73. The Morgan fingerprint density at radius 3 is 2.11 bits per heavy atom. The molecule has 18 heavy (non-hydrogen) atoms. The average molecular weight is 242 g/mol. The quantitative estimate of drug-likeness (QED) is 0.637. The standard InChI is InChI=1S/C18H26/c1-18(2,3)17-13-11-16(12-14-17)10-9-15-7-5-4-6-8-15/h4-10,16-17H,11-14H2,1-3H3/b10-9+. The fourth-order valence-electron chi connectivity index (χ4n) is 2.99. The van der Waals surface area contributed by atoms with Crippen molar-refractivity contribution < 1.29 is 0 Å². The second-order valence-corrected chi connectivity index (χ2v) is 6.75. The monoisotopic (exact) mass is 242 g/mol. The topological polar surface area (TPSA) is 0 Å². The van der Waals surface area contributed by atoms with Crippen molar-refractivity contribution in [2.45, 2.75) is 46.5 Å². The van der Waals surface area contributed by atoms with E-state index >= 15 is 0 Å². The van der Waals surface area contributed by atoms with Crippen LogP contribution in [0.1, 0.15) is 52.0 Å². The van der Waals surface area contributed by atoms with Crippen LogP contribution < -0.4 is 0 Å². The molecule has 1 saturated carbocycles. The molecule has 0 N–H and O–H groups in total. The first kappa shape index (κ1) is 13.4. The normalized spacial score (nSPS) is 25.5. The van der Waals surface area contributed by atoms with Crippen LogP contribution in [-0.2, 0) is 0 Å². The molecule has 0 heteroatoms. The minimum absolute atomic E-state index is 0.494. The van der Waals surface area contributed by atoms with Gasteiger partial charge in [-0.2, -0.15) is 0 Å². The summed E-state index contributed by atoms with van der Waals surface area (Å²) in [6.07, 6.45) is 10.2. The smallest absolute Gasteiger partial charge is 0.0230 e. The van der Waals surface area contributed by atoms with Gasteiger partial charge in [0.2, 0.25) is 0 Å². The van der Waals surface area contributed by atoms with E-state index in [0.717, 1.165) is 11.8 Å². The zero-order valence-corrected chi connectivity index (χ0v) is 12.0. The van der Waals surface area contributed by atoms with Gasteiger partial charge in [0.1, 0.15) is 0 Å². The highest BCUT2D eigenvalue weighted by Gasteiger charge is 2.28. The van der Waals surface area contributed by atoms with Gasteiger partial charge in [0.05, 0.1) is 0 Å². The lowest BCUT2D eigenvalue weighted by molar-refractivity contribution is 0.163. The molecule has 0 aromatic heterocycles. The molecule has 0 amide bonds. The molecule has 0 unspecified atom stereocenters. The highest BCUT2D eigenvalue weighted by atomic mass is 14.3. The maximum Gasteiger partial charge on any atom is -0.0230 e. The van der Waals surface area contributed by atoms with E-state index in [1.165, 1.54) is 31.2 Å². The minimum Gasteiger partial charge on any atom is -0.0808 e. The third-order valence-electron chi connectivity index (χ3n) is 4.36. The fraction of sp³-hybridized carbons (Fsp3) is 0.556. The van der Waals surface area contributed by atoms with Gasteiger partial charge in [-0.1, -0.05) is 63.3 Å². The van der Waals surface area contributed by atoms with Crippen LogP contribution in [0.4, 0.5) is 0 Å². The zero-order valence-electron chi connectivity index (χ0n) is 12.0. The largest absolute Gasteiger partial charge is 0.0808 e. The second-order valence-electron chi connectivity index (χ2n) is 6.75. The number of allylic oxidation sites excluding steroid dienone is 1. The van der Waals surface area contributed by atoms with Crippen LogP contribution in [-0.4, -0.2) is 0 Å². The van der Waals surface area contributed by atoms with Gasteiger partial charge in [-0.3, -0.25) is 0 Å². The summed E-state index contributed by atoms with van der Waals surface area (Å²) in [7, 11) is 0. The van der Waals surface area contributed by atoms with Crippen LogP contribution in [0.5, 0.6) is 0 Å². The van der Waals surface area contributed by atoms with Crippen molar-refractivity contribution in [1.29, 1.82) is 0 Å². The molecule has 0 atom stereocenters. The van der Waals surface area contributed by atoms with Gasteiger partial charge in [-0.15, -0.1) is 0 Å². The Labute approximate surface area is 112 Å². The highest BCUT2D eigenvalue weighted by Crippen LogP contribution is 2.40. The molecule has 1 aliphatic rings. The summed E-state index contributed by atoms with van der Waals surface area (Å²) in [5.74, 6) is 1.71. The molecule has 0 radical (unpaired) electrons. The summed E-state index contributed by atoms with van der Waals surface area (Å²) < 4.78 is 0. The SMILES string of the molecule is CC(C)(C)C1CCC(/C=C/c2ccccc2)CC1. The Morgan fingerprint density at radius 1 is 0.944 bits per heavy atom. The first-order chi connectivity index (χ1) is 8.55. The zero-order chi connectivity index (χ0) is 13.0. The Kier molecular flexibility index (Phi) is 4.27. The molecule has 0 nitrogen and oxygen atoms in total. The summed E-state index contributed by atoms with van der Waals surface area (Å²) >= 11 is 0. The lowest BCUT2D eigenvalue weighted by Crippen LogP contribution is -2.25. The average Bonchev–Trinajstić information content (AvgIpc) is 2.37. The molecule has 0 bridgehead atoms. The van der Waals surface area contributed by atoms with Crippen molar-refractivity contribution >= 4 is 6.08 Å². The summed E-state index contributed by atoms with van der Waals surface area (Å²) in [6.45, 7) is 7.16. The lowest BCUT2D eigenvalue weighted by Gasteiger charge is -2.36. The molecule has 2 rings (SSSR count). The molecule has 0 heterocycles. The van der Waals surface area contributed by atoms with Gasteiger partial charge in [-0.05, 0) is 48.5 Å². The number of benzene rings is 1. The highest BCUT2D eigenvalue weighted by molar-refractivity contribution is 5.48. The minimum atomic E-state index is 0.494. The van der Waals surface area contributed by atoms with Crippen LogP contribution in [0.3, 0.4) is 0 Å². The van der Waals surface area contributed by atoms with Crippen LogP contribution in [0.25, 0.3) is 6.08 Å². The van der Waals surface area contributed by atoms with Crippen LogP contribution in [0.15, 0.2) is 36.4 Å². The summed E-state index contributed by atoms with van der Waals surface area (Å²) in [5, 5.41) is 0. The number of hydrogen-bond donors (Lipinski definition) is 0. The molecule has 0 spiro atoms. The van der Waals surface area contributed by atoms with Crippen molar-refractivity contribution in [1.82, 2.24) is 0 Å². The Morgan fingerprint density at radius 2 is 1.56 bits per heavy atom. The maximum atomic E-state index is 2.42. The van der Waals surface area contributed by atoms with E-state index in [0.29, 0.717) is 5.41 Å². The Balaban J connectivity index is 1.86. The Bertz CT molecular complexity index is 372. The predicted molar refractivity (Wildman–Crippen MR) is 80.4 cm³/mol. The van der Waals surface area contributed by atoms with Crippen LogP contribution in [0.2, 0.25) is 0 Å². The van der Waals surface area contributed by atoms with Crippen molar-refractivity contribution in [2.75, 3.05) is 0 Å². The van der Waals surface area contributed by atoms with Crippen molar-refractivity contribution in [3.8, 4) is 0 Å². The fourth-order valence-corrected chi connectivity index (χ4v) is 2.99. The van der Waals surface area contributed by atoms with Crippen LogP contribution in [0, 0.1) is 17.3 Å². The van der Waals surface area contributed by atoms with E-state index in [1.807, 2.05) is 0 Å². The maximum absolute atomic E-state index is 2.42. The third kappa shape index (κ3) is 3.73. The van der Waals surface area contributed by atoms with E-state index in [9.17, 15) is 0 Å². The lowest BCUT2D eigenvalue weighted by atomic mass is 9.70. The van der Waals surface area contributed by atoms with Crippen molar-refractivity contribution in [3.63, 3.8) is 0 Å². The molecule has 0 saturated heterocycles. The molecular weight excluding hydrogens is 216 g/mol. The van der Waals surface area contributed by atoms with E-state index < -0.39 is 0 Å². The molecule has 1 fully saturated rings. The van der Waals surface area contributed by atoms with Gasteiger partial charge in [-0.25, -0.2) is 0 Å². The molecule has 1 aliphatic carbocycles. The van der Waals surface area contributed by atoms with Gasteiger partial charge >= 0.3 is 0 Å². The first-order valence-corrected chi connectivity index (χ1v) is 7.29. The van der Waals surface area contributed by atoms with E-state index in [1.54, 1.807) is 0 Å². The molecule has 0 aliphatic heterocycles. The Hall–Kier alpha value is -1.04. The van der Waals surface area contributed by atoms with Crippen molar-refractivity contribution in [2.24, 2.45) is 17.3 Å². The number of rotatable bonds is 2. The van der Waals surface area contributed by atoms with Crippen molar-refractivity contribution in [3.05, 3.63) is 42.0 Å². The van der Waals surface area contributed by atoms with Gasteiger partial charge < -0.3 is 0 Å². The number of hydrogen-bond acceptors (Lipinski definition) is 0. The summed E-state index contributed by atoms with van der Waals surface area (Å²) in [5.41, 5.74) is 1.82.